The standard InChI is InChI=1S/C27H27N5O3S/c1-3-24(21-12-8-5-9-13-21)26(33)28-19(2)25-29-30-27(36-18-20-10-6-4-7-11-20)31(25)22-14-16-23(17-15-22)32(34)35/h4-17,19,24H,3,18H2,1-2H3,(H,28,33). The van der Waals surface area contributed by atoms with Crippen molar-refractivity contribution in [3.8, 4) is 5.69 Å². The van der Waals surface area contributed by atoms with Crippen LogP contribution in [0.15, 0.2) is 90.1 Å². The van der Waals surface area contributed by atoms with E-state index in [1.165, 1.54) is 23.9 Å². The molecule has 4 aromatic rings. The van der Waals surface area contributed by atoms with E-state index in [4.69, 9.17) is 0 Å². The lowest BCUT2D eigenvalue weighted by atomic mass is 9.95. The number of non-ortho nitro benzene ring substituents is 1. The first kappa shape index (κ1) is 25.1. The Kier molecular flexibility index (Phi) is 8.12. The summed E-state index contributed by atoms with van der Waals surface area (Å²) in [6, 6.07) is 25.5. The number of thioether (sulfide) groups is 1. The number of benzene rings is 3. The number of aromatic nitrogens is 3. The van der Waals surface area contributed by atoms with E-state index in [1.54, 1.807) is 12.1 Å². The Balaban J connectivity index is 1.63. The molecular weight excluding hydrogens is 474 g/mol. The summed E-state index contributed by atoms with van der Waals surface area (Å²) in [7, 11) is 0. The fourth-order valence-electron chi connectivity index (χ4n) is 3.98. The van der Waals surface area contributed by atoms with Gasteiger partial charge in [0, 0.05) is 23.6 Å². The lowest BCUT2D eigenvalue weighted by Gasteiger charge is -2.20. The number of amides is 1. The molecule has 0 aliphatic heterocycles. The molecule has 0 aliphatic carbocycles. The number of hydrogen-bond acceptors (Lipinski definition) is 6. The molecule has 9 heteroatoms. The van der Waals surface area contributed by atoms with Gasteiger partial charge in [-0.15, -0.1) is 10.2 Å². The molecular formula is C27H27N5O3S. The summed E-state index contributed by atoms with van der Waals surface area (Å²) >= 11 is 1.51. The van der Waals surface area contributed by atoms with E-state index in [0.29, 0.717) is 28.8 Å². The molecule has 0 spiro atoms. The Hall–Kier alpha value is -3.98. The van der Waals surface area contributed by atoms with Crippen LogP contribution < -0.4 is 5.32 Å². The van der Waals surface area contributed by atoms with Crippen LogP contribution in [0.4, 0.5) is 5.69 Å². The normalized spacial score (nSPS) is 12.6. The van der Waals surface area contributed by atoms with E-state index in [1.807, 2.05) is 79.1 Å². The molecule has 184 valence electrons. The molecule has 1 heterocycles. The minimum Gasteiger partial charge on any atom is -0.346 e. The fraction of sp³-hybridized carbons (Fsp3) is 0.222. The van der Waals surface area contributed by atoms with E-state index < -0.39 is 11.0 Å². The summed E-state index contributed by atoms with van der Waals surface area (Å²) in [4.78, 5) is 23.9. The van der Waals surface area contributed by atoms with Crippen LogP contribution >= 0.6 is 11.8 Å². The van der Waals surface area contributed by atoms with Crippen molar-refractivity contribution in [1.82, 2.24) is 20.1 Å². The van der Waals surface area contributed by atoms with Crippen molar-refractivity contribution in [3.63, 3.8) is 0 Å². The summed E-state index contributed by atoms with van der Waals surface area (Å²) in [6.45, 7) is 3.85. The number of nitro benzene ring substituents is 1. The predicted octanol–water partition coefficient (Wildman–Crippen LogP) is 5.84. The molecule has 0 bridgehead atoms. The number of nitrogens with zero attached hydrogens (tertiary/aromatic N) is 4. The third kappa shape index (κ3) is 5.80. The van der Waals surface area contributed by atoms with Crippen LogP contribution in [0.2, 0.25) is 0 Å². The minimum absolute atomic E-state index is 0.00173. The number of rotatable bonds is 10. The lowest BCUT2D eigenvalue weighted by Crippen LogP contribution is -2.32. The van der Waals surface area contributed by atoms with E-state index in [9.17, 15) is 14.9 Å². The second-order valence-electron chi connectivity index (χ2n) is 8.33. The molecule has 3 aromatic carbocycles. The topological polar surface area (TPSA) is 103 Å². The van der Waals surface area contributed by atoms with E-state index in [2.05, 4.69) is 15.5 Å². The maximum atomic E-state index is 13.2. The van der Waals surface area contributed by atoms with Gasteiger partial charge in [0.2, 0.25) is 5.91 Å². The lowest BCUT2D eigenvalue weighted by molar-refractivity contribution is -0.384. The molecule has 2 unspecified atom stereocenters. The summed E-state index contributed by atoms with van der Waals surface area (Å²) in [5.41, 5.74) is 2.78. The van der Waals surface area contributed by atoms with Gasteiger partial charge in [-0.1, -0.05) is 79.3 Å². The highest BCUT2D eigenvalue weighted by molar-refractivity contribution is 7.98. The maximum absolute atomic E-state index is 13.2. The zero-order valence-corrected chi connectivity index (χ0v) is 20.9. The zero-order chi connectivity index (χ0) is 25.5. The molecule has 0 saturated heterocycles. The second kappa shape index (κ2) is 11.6. The van der Waals surface area contributed by atoms with Gasteiger partial charge in [-0.05, 0) is 36.6 Å². The highest BCUT2D eigenvalue weighted by Crippen LogP contribution is 2.29. The zero-order valence-electron chi connectivity index (χ0n) is 20.1. The van der Waals surface area contributed by atoms with Crippen LogP contribution in [0.5, 0.6) is 0 Å². The van der Waals surface area contributed by atoms with Crippen molar-refractivity contribution in [2.45, 2.75) is 43.1 Å². The number of hydrogen-bond donors (Lipinski definition) is 1. The predicted molar refractivity (Wildman–Crippen MR) is 140 cm³/mol. The third-order valence-corrected chi connectivity index (χ3v) is 6.86. The van der Waals surface area contributed by atoms with Crippen LogP contribution in [-0.2, 0) is 10.5 Å². The van der Waals surface area contributed by atoms with E-state index in [-0.39, 0.29) is 17.5 Å². The first-order valence-corrected chi connectivity index (χ1v) is 12.7. The summed E-state index contributed by atoms with van der Waals surface area (Å²) in [5.74, 6) is 0.860. The third-order valence-electron chi connectivity index (χ3n) is 5.86. The molecule has 2 atom stereocenters. The van der Waals surface area contributed by atoms with E-state index >= 15 is 0 Å². The monoisotopic (exact) mass is 501 g/mol. The largest absolute Gasteiger partial charge is 0.346 e. The Morgan fingerprint density at radius 1 is 1.00 bits per heavy atom. The smallest absolute Gasteiger partial charge is 0.269 e. The number of carbonyl (C=O) groups is 1. The SMILES string of the molecule is CCC(C(=O)NC(C)c1nnc(SCc2ccccc2)n1-c1ccc([N+](=O)[O-])cc1)c1ccccc1. The van der Waals surface area contributed by atoms with Crippen LogP contribution in [0, 0.1) is 10.1 Å². The van der Waals surface area contributed by atoms with Crippen molar-refractivity contribution in [2.24, 2.45) is 0 Å². The summed E-state index contributed by atoms with van der Waals surface area (Å²) < 4.78 is 1.85. The molecule has 4 rings (SSSR count). The van der Waals surface area contributed by atoms with Gasteiger partial charge in [-0.25, -0.2) is 0 Å². The molecule has 0 aliphatic rings. The van der Waals surface area contributed by atoms with Crippen molar-refractivity contribution in [1.29, 1.82) is 0 Å². The fourth-order valence-corrected chi connectivity index (χ4v) is 4.89. The van der Waals surface area contributed by atoms with Gasteiger partial charge in [0.15, 0.2) is 11.0 Å². The Morgan fingerprint density at radius 3 is 2.25 bits per heavy atom. The van der Waals surface area contributed by atoms with Crippen molar-refractivity contribution < 1.29 is 9.72 Å². The Morgan fingerprint density at radius 2 is 1.64 bits per heavy atom. The van der Waals surface area contributed by atoms with Gasteiger partial charge in [-0.2, -0.15) is 0 Å². The van der Waals surface area contributed by atoms with Gasteiger partial charge >= 0.3 is 0 Å². The molecule has 36 heavy (non-hydrogen) atoms. The molecule has 0 saturated carbocycles. The van der Waals surface area contributed by atoms with Crippen LogP contribution in [0.3, 0.4) is 0 Å². The van der Waals surface area contributed by atoms with Gasteiger partial charge in [0.05, 0.1) is 16.9 Å². The quantitative estimate of drug-likeness (QED) is 0.166. The molecule has 1 aromatic heterocycles. The van der Waals surface area contributed by atoms with Gasteiger partial charge in [0.25, 0.3) is 5.69 Å². The van der Waals surface area contributed by atoms with Gasteiger partial charge in [-0.3, -0.25) is 19.5 Å². The average Bonchev–Trinajstić information content (AvgIpc) is 3.33. The average molecular weight is 502 g/mol. The highest BCUT2D eigenvalue weighted by atomic mass is 32.2. The minimum atomic E-state index is -0.441. The maximum Gasteiger partial charge on any atom is 0.269 e. The first-order valence-electron chi connectivity index (χ1n) is 11.7. The van der Waals surface area contributed by atoms with Crippen LogP contribution in [0.25, 0.3) is 5.69 Å². The molecule has 8 nitrogen and oxygen atoms in total. The Bertz CT molecular complexity index is 1310. The Labute approximate surface area is 213 Å². The highest BCUT2D eigenvalue weighted by Gasteiger charge is 2.25. The van der Waals surface area contributed by atoms with Crippen LogP contribution in [-0.4, -0.2) is 25.6 Å². The first-order chi connectivity index (χ1) is 17.5. The molecule has 1 amide bonds. The van der Waals surface area contributed by atoms with Crippen molar-refractivity contribution in [2.75, 3.05) is 0 Å². The van der Waals surface area contributed by atoms with Gasteiger partial charge < -0.3 is 5.32 Å². The van der Waals surface area contributed by atoms with E-state index in [0.717, 1.165) is 11.1 Å². The van der Waals surface area contributed by atoms with Crippen molar-refractivity contribution in [3.05, 3.63) is 112 Å². The van der Waals surface area contributed by atoms with Crippen molar-refractivity contribution >= 4 is 23.4 Å². The number of nitrogens with one attached hydrogen (secondary N) is 1. The van der Waals surface area contributed by atoms with Crippen LogP contribution in [0.1, 0.15) is 49.2 Å². The molecule has 0 radical (unpaired) electrons. The summed E-state index contributed by atoms with van der Waals surface area (Å²) in [5, 5.41) is 23.7. The molecule has 1 N–H and O–H groups in total. The molecule has 0 fully saturated rings. The second-order valence-corrected chi connectivity index (χ2v) is 9.27. The van der Waals surface area contributed by atoms with Gasteiger partial charge in [0.1, 0.15) is 0 Å². The summed E-state index contributed by atoms with van der Waals surface area (Å²) in [6.07, 6.45) is 0.662. The number of nitro groups is 1. The number of carbonyl (C=O) groups excluding carboxylic acids is 1.